The highest BCUT2D eigenvalue weighted by molar-refractivity contribution is 6.18. The van der Waals surface area contributed by atoms with Gasteiger partial charge in [-0.3, -0.25) is 0 Å². The smallest absolute Gasteiger partial charge is 0.346 e. The van der Waals surface area contributed by atoms with Crippen LogP contribution in [-0.2, 0) is 19.1 Å². The predicted molar refractivity (Wildman–Crippen MR) is 111 cm³/mol. The zero-order valence-corrected chi connectivity index (χ0v) is 16.3. The van der Waals surface area contributed by atoms with Crippen LogP contribution in [0.1, 0.15) is 33.2 Å². The molecule has 0 saturated carbocycles. The van der Waals surface area contributed by atoms with Crippen LogP contribution in [0, 0.1) is 0 Å². The Bertz CT molecular complexity index is 1510. The molecule has 0 unspecified atom stereocenters. The highest BCUT2D eigenvalue weighted by Crippen LogP contribution is 2.28. The van der Waals surface area contributed by atoms with Gasteiger partial charge in [0.05, 0.1) is 16.7 Å². The van der Waals surface area contributed by atoms with Crippen LogP contribution >= 0.6 is 0 Å². The molecule has 2 heterocycles. The Kier molecular flexibility index (Phi) is 4.15. The Morgan fingerprint density at radius 1 is 0.677 bits per heavy atom. The van der Waals surface area contributed by atoms with Crippen molar-refractivity contribution in [2.24, 2.45) is 0 Å². The number of ether oxygens (including phenoxy) is 2. The molecule has 0 radical (unpaired) electrons. The van der Waals surface area contributed by atoms with E-state index in [0.29, 0.717) is 0 Å². The lowest BCUT2D eigenvalue weighted by Gasteiger charge is -2.04. The lowest BCUT2D eigenvalue weighted by Crippen LogP contribution is -2.24. The first-order chi connectivity index (χ1) is 14.9. The minimum atomic E-state index is -0.666. The zero-order chi connectivity index (χ0) is 21.7. The Balaban J connectivity index is 1.74. The van der Waals surface area contributed by atoms with Crippen molar-refractivity contribution in [3.05, 3.63) is 92.9 Å². The third-order valence-corrected chi connectivity index (χ3v) is 5.40. The first-order valence-corrected chi connectivity index (χ1v) is 9.51. The van der Waals surface area contributed by atoms with Gasteiger partial charge in [0.1, 0.15) is 0 Å². The van der Waals surface area contributed by atoms with Gasteiger partial charge >= 0.3 is 23.9 Å². The van der Waals surface area contributed by atoms with Crippen LogP contribution in [0.5, 0.6) is 0 Å². The number of carbonyl (C=O) groups is 4. The molecule has 0 N–H and O–H groups in total. The summed E-state index contributed by atoms with van der Waals surface area (Å²) in [6.07, 6.45) is 3.55. The molecule has 2 aliphatic rings. The monoisotopic (exact) mass is 410 g/mol. The molecule has 3 aromatic rings. The maximum atomic E-state index is 12.0. The number of carbonyl (C=O) groups excluding carboxylic acids is 4. The van der Waals surface area contributed by atoms with Gasteiger partial charge < -0.3 is 9.47 Å². The number of cyclic esters (lactones) is 4. The van der Waals surface area contributed by atoms with E-state index >= 15 is 0 Å². The van der Waals surface area contributed by atoms with Crippen LogP contribution in [0.3, 0.4) is 0 Å². The summed E-state index contributed by atoms with van der Waals surface area (Å²) in [6, 6.07) is 16.3. The predicted octanol–water partition coefficient (Wildman–Crippen LogP) is 2.16. The van der Waals surface area contributed by atoms with Gasteiger partial charge in [-0.05, 0) is 58.0 Å². The van der Waals surface area contributed by atoms with Gasteiger partial charge in [-0.25, -0.2) is 19.2 Å². The van der Waals surface area contributed by atoms with Crippen molar-refractivity contribution in [2.45, 2.75) is 6.92 Å². The average Bonchev–Trinajstić information content (AvgIpc) is 3.17. The lowest BCUT2D eigenvalue weighted by molar-refractivity contribution is -0.150. The van der Waals surface area contributed by atoms with Gasteiger partial charge in [-0.1, -0.05) is 42.5 Å². The summed E-state index contributed by atoms with van der Waals surface area (Å²) < 4.78 is 9.38. The van der Waals surface area contributed by atoms with Gasteiger partial charge in [-0.15, -0.1) is 0 Å². The molecule has 0 amide bonds. The molecular weight excluding hydrogens is 396 g/mol. The third-order valence-electron chi connectivity index (χ3n) is 5.40. The Morgan fingerprint density at radius 3 is 2.00 bits per heavy atom. The maximum absolute atomic E-state index is 12.0. The Morgan fingerprint density at radius 2 is 1.32 bits per heavy atom. The number of esters is 4. The van der Waals surface area contributed by atoms with Crippen molar-refractivity contribution in [3.63, 3.8) is 0 Å². The summed E-state index contributed by atoms with van der Waals surface area (Å²) in [5.41, 5.74) is 1.82. The standard InChI is InChI=1S/C25H14O6/c1-13-18(23(27)30-22(13)26)10-15-6-3-2-5-14(15)9-16-7-4-8-17-11-20-21(12-19(16)17)25(29)31-24(20)28/h2-12H,1H3/b14-9+,15-10-. The second-order valence-electron chi connectivity index (χ2n) is 7.28. The molecule has 6 nitrogen and oxygen atoms in total. The molecule has 0 fully saturated rings. The van der Waals surface area contributed by atoms with Crippen molar-refractivity contribution >= 4 is 46.8 Å². The molecule has 3 aromatic carbocycles. The first kappa shape index (κ1) is 18.7. The number of rotatable bonds is 2. The molecule has 31 heavy (non-hydrogen) atoms. The van der Waals surface area contributed by atoms with Crippen LogP contribution in [0.4, 0.5) is 0 Å². The molecule has 2 aliphatic heterocycles. The van der Waals surface area contributed by atoms with Crippen molar-refractivity contribution in [2.75, 3.05) is 0 Å². The third kappa shape index (κ3) is 3.05. The average molecular weight is 410 g/mol. The van der Waals surface area contributed by atoms with E-state index in [-0.39, 0.29) is 22.3 Å². The number of fused-ring (bicyclic) bond motifs is 2. The zero-order valence-electron chi connectivity index (χ0n) is 16.3. The summed E-state index contributed by atoms with van der Waals surface area (Å²) in [7, 11) is 0. The molecule has 0 spiro atoms. The Labute approximate surface area is 175 Å². The van der Waals surface area contributed by atoms with E-state index in [4.69, 9.17) is 4.74 Å². The van der Waals surface area contributed by atoms with Crippen LogP contribution < -0.4 is 10.4 Å². The van der Waals surface area contributed by atoms with Crippen molar-refractivity contribution in [1.29, 1.82) is 0 Å². The van der Waals surface area contributed by atoms with Crippen LogP contribution in [0.15, 0.2) is 65.7 Å². The van der Waals surface area contributed by atoms with Gasteiger partial charge in [0.15, 0.2) is 0 Å². The lowest BCUT2D eigenvalue weighted by atomic mass is 9.97. The molecule has 0 saturated heterocycles. The highest BCUT2D eigenvalue weighted by atomic mass is 16.6. The first-order valence-electron chi connectivity index (χ1n) is 9.51. The van der Waals surface area contributed by atoms with E-state index in [2.05, 4.69) is 4.74 Å². The van der Waals surface area contributed by atoms with Crippen molar-refractivity contribution < 1.29 is 28.7 Å². The fraction of sp³-hybridized carbons (Fsp3) is 0.0400. The molecule has 5 rings (SSSR count). The van der Waals surface area contributed by atoms with E-state index in [0.717, 1.165) is 26.8 Å². The minimum absolute atomic E-state index is 0.225. The fourth-order valence-electron chi connectivity index (χ4n) is 3.75. The maximum Gasteiger partial charge on any atom is 0.346 e. The van der Waals surface area contributed by atoms with Crippen LogP contribution in [0.25, 0.3) is 22.9 Å². The topological polar surface area (TPSA) is 86.7 Å². The number of hydrogen-bond acceptors (Lipinski definition) is 6. The number of hydrogen-bond donors (Lipinski definition) is 0. The summed E-state index contributed by atoms with van der Waals surface area (Å²) in [5.74, 6) is -2.60. The summed E-state index contributed by atoms with van der Waals surface area (Å²) in [6.45, 7) is 1.55. The van der Waals surface area contributed by atoms with Crippen LogP contribution in [-0.4, -0.2) is 23.9 Å². The van der Waals surface area contributed by atoms with E-state index in [1.165, 1.54) is 0 Å². The molecule has 0 atom stereocenters. The highest BCUT2D eigenvalue weighted by Gasteiger charge is 2.30. The summed E-state index contributed by atoms with van der Waals surface area (Å²) in [5, 5.41) is 3.12. The van der Waals surface area contributed by atoms with Gasteiger partial charge in [0.25, 0.3) is 0 Å². The van der Waals surface area contributed by atoms with Crippen LogP contribution in [0.2, 0.25) is 0 Å². The number of benzene rings is 3. The Hall–Kier alpha value is -4.32. The summed E-state index contributed by atoms with van der Waals surface area (Å²) >= 11 is 0. The quantitative estimate of drug-likeness (QED) is 0.475. The second-order valence-corrected chi connectivity index (χ2v) is 7.28. The largest absolute Gasteiger partial charge is 0.386 e. The minimum Gasteiger partial charge on any atom is -0.386 e. The molecule has 0 aliphatic carbocycles. The SMILES string of the molecule is CC1=C(/C=c2/cccc/c2=C\c2cccc3cc4c(cc23)C(=O)OC4=O)C(=O)OC1=O. The van der Waals surface area contributed by atoms with Gasteiger partial charge in [0.2, 0.25) is 0 Å². The second kappa shape index (κ2) is 6.88. The van der Waals surface area contributed by atoms with Gasteiger partial charge in [0, 0.05) is 5.57 Å². The van der Waals surface area contributed by atoms with Crippen molar-refractivity contribution in [1.82, 2.24) is 0 Å². The molecule has 0 bridgehead atoms. The molecule has 6 heteroatoms. The molecule has 0 aromatic heterocycles. The van der Waals surface area contributed by atoms with E-state index in [9.17, 15) is 19.2 Å². The van der Waals surface area contributed by atoms with E-state index in [1.54, 1.807) is 25.1 Å². The normalized spacial score (nSPS) is 16.9. The van der Waals surface area contributed by atoms with E-state index in [1.807, 2.05) is 48.5 Å². The van der Waals surface area contributed by atoms with Crippen molar-refractivity contribution in [3.8, 4) is 0 Å². The van der Waals surface area contributed by atoms with Gasteiger partial charge in [-0.2, -0.15) is 0 Å². The molecule has 150 valence electrons. The molecular formula is C25H14O6. The van der Waals surface area contributed by atoms with E-state index < -0.39 is 23.9 Å². The summed E-state index contributed by atoms with van der Waals surface area (Å²) in [4.78, 5) is 47.5. The fourth-order valence-corrected chi connectivity index (χ4v) is 3.75.